The van der Waals surface area contributed by atoms with E-state index in [4.69, 9.17) is 5.84 Å². The monoisotopic (exact) mass is 423 g/mol. The maximum atomic E-state index is 14.6. The van der Waals surface area contributed by atoms with Gasteiger partial charge in [-0.1, -0.05) is 48.0 Å². The van der Waals surface area contributed by atoms with Crippen LogP contribution in [0.3, 0.4) is 0 Å². The minimum absolute atomic E-state index is 0.0469. The summed E-state index contributed by atoms with van der Waals surface area (Å²) in [5, 5.41) is -1.09. The van der Waals surface area contributed by atoms with Crippen LogP contribution >= 0.6 is 0 Å². The molecule has 0 saturated heterocycles. The number of para-hydroxylation sites is 1. The first kappa shape index (κ1) is 19.9. The van der Waals surface area contributed by atoms with Gasteiger partial charge in [0.15, 0.2) is 0 Å². The fourth-order valence-electron chi connectivity index (χ4n) is 3.29. The number of hydrogen-bond acceptors (Lipinski definition) is 5. The first-order chi connectivity index (χ1) is 14.3. The molecular formula is C22H18FN3O3S. The molecule has 1 heterocycles. The minimum Gasteiger partial charge on any atom is -0.269 e. The van der Waals surface area contributed by atoms with Crippen LogP contribution in [0.25, 0.3) is 0 Å². The van der Waals surface area contributed by atoms with Crippen LogP contribution in [0.4, 0.5) is 10.1 Å². The topological polar surface area (TPSA) is 92.8 Å². The Morgan fingerprint density at radius 1 is 0.933 bits per heavy atom. The Bertz CT molecular complexity index is 1270. The summed E-state index contributed by atoms with van der Waals surface area (Å²) in [4.78, 5) is 17.3. The zero-order chi connectivity index (χ0) is 21.5. The zero-order valence-corrected chi connectivity index (χ0v) is 16.8. The molecule has 1 aliphatic heterocycles. The Morgan fingerprint density at radius 2 is 1.53 bits per heavy atom. The van der Waals surface area contributed by atoms with Gasteiger partial charge in [-0.05, 0) is 37.3 Å². The van der Waals surface area contributed by atoms with Crippen LogP contribution in [-0.2, 0) is 14.6 Å². The molecule has 0 radical (unpaired) electrons. The molecule has 0 aromatic heterocycles. The number of anilines is 1. The summed E-state index contributed by atoms with van der Waals surface area (Å²) in [7, 11) is -4.24. The molecule has 0 saturated carbocycles. The van der Waals surface area contributed by atoms with Gasteiger partial charge in [-0.25, -0.2) is 23.7 Å². The lowest BCUT2D eigenvalue weighted by Crippen LogP contribution is -2.46. The summed E-state index contributed by atoms with van der Waals surface area (Å²) in [6.45, 7) is 1.82. The smallest absolute Gasteiger partial charge is 0.269 e. The average molecular weight is 423 g/mol. The second-order valence-electron chi connectivity index (χ2n) is 6.89. The van der Waals surface area contributed by atoms with E-state index in [1.165, 1.54) is 30.3 Å². The number of nitrogens with zero attached hydrogens (tertiary/aromatic N) is 2. The predicted octanol–water partition coefficient (Wildman–Crippen LogP) is 2.99. The van der Waals surface area contributed by atoms with Crippen LogP contribution in [0.2, 0.25) is 0 Å². The number of aliphatic imine (C=N–C) groups is 1. The highest BCUT2D eigenvalue weighted by Crippen LogP contribution is 2.30. The van der Waals surface area contributed by atoms with Crippen molar-refractivity contribution in [1.82, 2.24) is 0 Å². The molecule has 1 amide bonds. The summed E-state index contributed by atoms with van der Waals surface area (Å²) >= 11 is 0. The lowest BCUT2D eigenvalue weighted by atomic mass is 10.00. The largest absolute Gasteiger partial charge is 0.282 e. The number of sulfone groups is 1. The van der Waals surface area contributed by atoms with Crippen molar-refractivity contribution in [3.63, 3.8) is 0 Å². The van der Waals surface area contributed by atoms with E-state index < -0.39 is 26.9 Å². The number of aryl methyl sites for hydroxylation is 1. The number of hydrogen-bond donors (Lipinski definition) is 1. The van der Waals surface area contributed by atoms with Gasteiger partial charge in [0.2, 0.25) is 15.2 Å². The van der Waals surface area contributed by atoms with E-state index in [9.17, 15) is 17.6 Å². The molecule has 0 fully saturated rings. The van der Waals surface area contributed by atoms with Gasteiger partial charge in [0.1, 0.15) is 5.82 Å². The zero-order valence-electron chi connectivity index (χ0n) is 16.0. The van der Waals surface area contributed by atoms with Gasteiger partial charge < -0.3 is 0 Å². The molecule has 1 aliphatic rings. The fraction of sp³-hybridized carbons (Fsp3) is 0.0909. The molecule has 3 aromatic carbocycles. The molecule has 152 valence electrons. The van der Waals surface area contributed by atoms with E-state index in [0.717, 1.165) is 10.6 Å². The van der Waals surface area contributed by atoms with Crippen LogP contribution in [0.15, 0.2) is 82.7 Å². The molecule has 1 unspecified atom stereocenters. The molecule has 4 rings (SSSR count). The van der Waals surface area contributed by atoms with Gasteiger partial charge in [0, 0.05) is 11.1 Å². The molecular weight excluding hydrogens is 405 g/mol. The number of hydrazine groups is 1. The number of benzodiazepines with no additional fused rings is 1. The summed E-state index contributed by atoms with van der Waals surface area (Å²) in [6, 6.07) is 18.5. The Labute approximate surface area is 173 Å². The second-order valence-corrected chi connectivity index (χ2v) is 8.90. The molecule has 0 bridgehead atoms. The van der Waals surface area contributed by atoms with E-state index in [-0.39, 0.29) is 21.9 Å². The minimum atomic E-state index is -4.24. The molecule has 30 heavy (non-hydrogen) atoms. The molecule has 8 heteroatoms. The number of nitrogens with two attached hydrogens (primary N) is 1. The van der Waals surface area contributed by atoms with E-state index in [1.807, 2.05) is 6.92 Å². The highest BCUT2D eigenvalue weighted by Gasteiger charge is 2.40. The lowest BCUT2D eigenvalue weighted by molar-refractivity contribution is -0.118. The summed E-state index contributed by atoms with van der Waals surface area (Å²) in [5.74, 6) is 4.50. The fourth-order valence-corrected chi connectivity index (χ4v) is 4.69. The molecule has 6 nitrogen and oxygen atoms in total. The van der Waals surface area contributed by atoms with Crippen LogP contribution in [0, 0.1) is 12.7 Å². The van der Waals surface area contributed by atoms with E-state index >= 15 is 0 Å². The number of carbonyl (C=O) groups excluding carboxylic acids is 1. The van der Waals surface area contributed by atoms with Crippen molar-refractivity contribution >= 4 is 27.1 Å². The number of carbonyl (C=O) groups is 1. The first-order valence-corrected chi connectivity index (χ1v) is 10.7. The maximum Gasteiger partial charge on any atom is 0.282 e. The molecule has 2 N–H and O–H groups in total. The summed E-state index contributed by atoms with van der Waals surface area (Å²) < 4.78 is 41.3. The summed E-state index contributed by atoms with van der Waals surface area (Å²) in [6.07, 6.45) is 0. The van der Waals surface area contributed by atoms with Crippen LogP contribution in [-0.4, -0.2) is 25.4 Å². The van der Waals surface area contributed by atoms with Crippen molar-refractivity contribution in [2.75, 3.05) is 5.01 Å². The predicted molar refractivity (Wildman–Crippen MR) is 112 cm³/mol. The Balaban J connectivity index is 1.98. The highest BCUT2D eigenvalue weighted by molar-refractivity contribution is 7.92. The van der Waals surface area contributed by atoms with Gasteiger partial charge >= 0.3 is 0 Å². The number of fused-ring (bicyclic) bond motifs is 1. The first-order valence-electron chi connectivity index (χ1n) is 9.12. The van der Waals surface area contributed by atoms with Crippen molar-refractivity contribution in [3.05, 3.63) is 95.3 Å². The van der Waals surface area contributed by atoms with Gasteiger partial charge in [-0.15, -0.1) is 0 Å². The van der Waals surface area contributed by atoms with E-state index in [1.54, 1.807) is 42.5 Å². The normalized spacial score (nSPS) is 16.6. The summed E-state index contributed by atoms with van der Waals surface area (Å²) in [5.41, 5.74) is 1.60. The third kappa shape index (κ3) is 3.30. The van der Waals surface area contributed by atoms with Crippen LogP contribution < -0.4 is 10.9 Å². The molecule has 0 aliphatic carbocycles. The highest BCUT2D eigenvalue weighted by atomic mass is 32.2. The molecule has 0 spiro atoms. The number of benzene rings is 3. The standard InChI is InChI=1S/C22H18FN3O3S/c1-14-10-12-15(13-11-14)30(28,29)21-22(27)26(24)19-9-5-3-7-17(19)20(25-21)16-6-2-4-8-18(16)23/h2-13,21H,24H2,1H3. The van der Waals surface area contributed by atoms with Crippen LogP contribution in [0.1, 0.15) is 16.7 Å². The number of rotatable bonds is 3. The van der Waals surface area contributed by atoms with Crippen molar-refractivity contribution in [2.45, 2.75) is 17.2 Å². The average Bonchev–Trinajstić information content (AvgIpc) is 2.85. The quantitative estimate of drug-likeness (QED) is 0.518. The van der Waals surface area contributed by atoms with Gasteiger partial charge in [-0.3, -0.25) is 9.79 Å². The third-order valence-corrected chi connectivity index (χ3v) is 6.71. The van der Waals surface area contributed by atoms with E-state index in [2.05, 4.69) is 4.99 Å². The van der Waals surface area contributed by atoms with Gasteiger partial charge in [0.05, 0.1) is 16.3 Å². The van der Waals surface area contributed by atoms with Crippen molar-refractivity contribution < 1.29 is 17.6 Å². The van der Waals surface area contributed by atoms with Gasteiger partial charge in [-0.2, -0.15) is 0 Å². The third-order valence-electron chi connectivity index (χ3n) is 4.89. The van der Waals surface area contributed by atoms with Crippen molar-refractivity contribution in [3.8, 4) is 0 Å². The van der Waals surface area contributed by atoms with Crippen LogP contribution in [0.5, 0.6) is 0 Å². The maximum absolute atomic E-state index is 14.6. The Hall–Kier alpha value is -3.36. The van der Waals surface area contributed by atoms with Gasteiger partial charge in [0.25, 0.3) is 5.91 Å². The second kappa shape index (κ2) is 7.47. The van der Waals surface area contributed by atoms with Crippen molar-refractivity contribution in [2.24, 2.45) is 10.8 Å². The number of amides is 1. The Morgan fingerprint density at radius 3 is 2.20 bits per heavy atom. The van der Waals surface area contributed by atoms with E-state index in [0.29, 0.717) is 5.56 Å². The molecule has 1 atom stereocenters. The lowest BCUT2D eigenvalue weighted by Gasteiger charge is -2.19. The SMILES string of the molecule is Cc1ccc(S(=O)(=O)C2N=C(c3ccccc3F)c3ccccc3N(N)C2=O)cc1. The molecule has 3 aromatic rings. The Kier molecular flexibility index (Phi) is 4.97. The number of halogens is 1. The van der Waals surface area contributed by atoms with Crippen molar-refractivity contribution in [1.29, 1.82) is 0 Å².